The predicted molar refractivity (Wildman–Crippen MR) is 234 cm³/mol. The summed E-state index contributed by atoms with van der Waals surface area (Å²) in [5.41, 5.74) is 10.6. The number of carbonyl (C=O) groups is 2. The van der Waals surface area contributed by atoms with E-state index in [1.807, 2.05) is 74.8 Å². The molecule has 0 spiro atoms. The third-order valence-electron chi connectivity index (χ3n) is 10.9. The van der Waals surface area contributed by atoms with Gasteiger partial charge in [0.1, 0.15) is 49.4 Å². The van der Waals surface area contributed by atoms with Crippen LogP contribution in [0.15, 0.2) is 109 Å². The van der Waals surface area contributed by atoms with Gasteiger partial charge in [-0.25, -0.2) is 0 Å². The van der Waals surface area contributed by atoms with Crippen molar-refractivity contribution >= 4 is 57.6 Å². The van der Waals surface area contributed by atoms with E-state index < -0.39 is 0 Å². The molecule has 12 heteroatoms. The van der Waals surface area contributed by atoms with E-state index in [0.29, 0.717) is 44.2 Å². The van der Waals surface area contributed by atoms with Gasteiger partial charge in [0.15, 0.2) is 12.6 Å². The molecule has 0 bridgehead atoms. The molecule has 0 aliphatic rings. The minimum absolute atomic E-state index is 0.229. The van der Waals surface area contributed by atoms with Crippen molar-refractivity contribution in [2.24, 2.45) is 14.1 Å². The van der Waals surface area contributed by atoms with E-state index >= 15 is 0 Å². The fourth-order valence-corrected chi connectivity index (χ4v) is 7.82. The lowest BCUT2D eigenvalue weighted by atomic mass is 9.92. The minimum Gasteiger partial charge on any atom is -0.488 e. The zero-order valence-corrected chi connectivity index (χ0v) is 34.9. The van der Waals surface area contributed by atoms with E-state index in [0.717, 1.165) is 78.9 Å². The Morgan fingerprint density at radius 3 is 1.30 bits per heavy atom. The Bertz CT molecular complexity index is 2720. The van der Waals surface area contributed by atoms with Crippen LogP contribution in [-0.2, 0) is 40.5 Å². The lowest BCUT2D eigenvalue weighted by molar-refractivity contribution is 0.111. The lowest BCUT2D eigenvalue weighted by Gasteiger charge is -2.18. The van der Waals surface area contributed by atoms with Crippen molar-refractivity contribution in [1.82, 2.24) is 19.6 Å². The van der Waals surface area contributed by atoms with Gasteiger partial charge in [0.2, 0.25) is 0 Å². The number of benzene rings is 6. The van der Waals surface area contributed by atoms with Crippen molar-refractivity contribution in [2.75, 3.05) is 0 Å². The van der Waals surface area contributed by atoms with Crippen molar-refractivity contribution in [2.45, 2.75) is 40.3 Å². The van der Waals surface area contributed by atoms with Gasteiger partial charge >= 0.3 is 0 Å². The summed E-state index contributed by atoms with van der Waals surface area (Å²) in [6.45, 7) is 5.04. The molecule has 0 saturated heterocycles. The van der Waals surface area contributed by atoms with Crippen molar-refractivity contribution in [3.8, 4) is 34.1 Å². The molecule has 0 radical (unpaired) electrons. The lowest BCUT2D eigenvalue weighted by Crippen LogP contribution is -2.04. The zero-order chi connectivity index (χ0) is 41.9. The second-order valence-electron chi connectivity index (χ2n) is 14.4. The molecule has 0 unspecified atom stereocenters. The number of aryl methyl sites for hydroxylation is 2. The average Bonchev–Trinajstić information content (AvgIpc) is 3.84. The molecule has 0 saturated carbocycles. The van der Waals surface area contributed by atoms with E-state index in [4.69, 9.17) is 42.1 Å². The van der Waals surface area contributed by atoms with Crippen LogP contribution < -0.4 is 18.9 Å². The molecule has 60 heavy (non-hydrogen) atoms. The Hall–Kier alpha value is -6.62. The largest absolute Gasteiger partial charge is 0.488 e. The van der Waals surface area contributed by atoms with Crippen LogP contribution in [0.25, 0.3) is 32.9 Å². The number of halogens is 2. The van der Waals surface area contributed by atoms with Gasteiger partial charge in [-0.15, -0.1) is 0 Å². The highest BCUT2D eigenvalue weighted by Crippen LogP contribution is 2.37. The SMILES string of the molecule is Cc1c(COc2cc(OCc3cccc4c3cnn4C)c(C=O)cc2Cl)cccc1-c1cccc(COc2cc(OCc3cccc4c3cnn4C)c(C=O)cc2Cl)c1C. The van der Waals surface area contributed by atoms with Gasteiger partial charge in [0, 0.05) is 48.1 Å². The van der Waals surface area contributed by atoms with E-state index in [1.54, 1.807) is 46.0 Å². The van der Waals surface area contributed by atoms with Gasteiger partial charge in [-0.2, -0.15) is 10.2 Å². The molecule has 0 atom stereocenters. The fourth-order valence-electron chi connectivity index (χ4n) is 7.37. The summed E-state index contributed by atoms with van der Waals surface area (Å²) < 4.78 is 28.5. The molecule has 2 heterocycles. The zero-order valence-electron chi connectivity index (χ0n) is 33.4. The molecule has 0 amide bonds. The summed E-state index contributed by atoms with van der Waals surface area (Å²) in [6.07, 6.45) is 5.06. The quantitative estimate of drug-likeness (QED) is 0.0940. The first-order valence-electron chi connectivity index (χ1n) is 19.2. The standard InChI is InChI=1S/C48H40Cl2N4O6/c1-29-31(25-59-47-19-45(35(23-55)17-41(47)49)57-27-33-11-7-15-43-39(33)21-51-53(43)3)9-5-13-37(29)38-14-6-10-32(30(38)2)26-60-48-20-46(36(24-56)18-42(48)50)58-28-34-12-8-16-44-40(34)22-52-54(44)4/h5-24H,25-28H2,1-4H3. The average molecular weight is 840 g/mol. The third kappa shape index (κ3) is 8.04. The highest BCUT2D eigenvalue weighted by Gasteiger charge is 2.17. The number of aromatic nitrogens is 4. The molecule has 8 aromatic rings. The van der Waals surface area contributed by atoms with Gasteiger partial charge in [0.05, 0.1) is 44.6 Å². The summed E-state index contributed by atoms with van der Waals surface area (Å²) in [6, 6.07) is 30.5. The first-order valence-corrected chi connectivity index (χ1v) is 19.9. The van der Waals surface area contributed by atoms with Crippen LogP contribution in [0, 0.1) is 13.8 Å². The summed E-state index contributed by atoms with van der Waals surface area (Å²) in [5.74, 6) is 1.54. The molecule has 6 aromatic carbocycles. The Balaban J connectivity index is 0.970. The van der Waals surface area contributed by atoms with Gasteiger partial charge in [-0.3, -0.25) is 19.0 Å². The number of hydrogen-bond donors (Lipinski definition) is 0. The second-order valence-corrected chi connectivity index (χ2v) is 15.3. The minimum atomic E-state index is 0.229. The smallest absolute Gasteiger partial charge is 0.153 e. The normalized spacial score (nSPS) is 11.2. The molecule has 0 aliphatic carbocycles. The Morgan fingerprint density at radius 2 is 0.883 bits per heavy atom. The van der Waals surface area contributed by atoms with Crippen molar-refractivity contribution < 1.29 is 28.5 Å². The molecule has 0 fully saturated rings. The van der Waals surface area contributed by atoms with Crippen LogP contribution in [-0.4, -0.2) is 32.1 Å². The number of carbonyl (C=O) groups excluding carboxylic acids is 2. The molecule has 2 aromatic heterocycles. The van der Waals surface area contributed by atoms with E-state index in [2.05, 4.69) is 36.2 Å². The van der Waals surface area contributed by atoms with E-state index in [9.17, 15) is 9.59 Å². The number of fused-ring (bicyclic) bond motifs is 2. The fraction of sp³-hybridized carbons (Fsp3) is 0.167. The Kier molecular flexibility index (Phi) is 11.6. The number of hydrogen-bond acceptors (Lipinski definition) is 8. The van der Waals surface area contributed by atoms with Crippen LogP contribution in [0.1, 0.15) is 54.1 Å². The van der Waals surface area contributed by atoms with Crippen molar-refractivity contribution in [1.29, 1.82) is 0 Å². The first kappa shape index (κ1) is 40.2. The first-order chi connectivity index (χ1) is 29.1. The molecule has 0 aliphatic heterocycles. The topological polar surface area (TPSA) is 107 Å². The monoisotopic (exact) mass is 838 g/mol. The molecule has 8 rings (SSSR count). The van der Waals surface area contributed by atoms with Crippen LogP contribution in [0.5, 0.6) is 23.0 Å². The van der Waals surface area contributed by atoms with Gasteiger partial charge < -0.3 is 18.9 Å². The van der Waals surface area contributed by atoms with Crippen molar-refractivity contribution in [3.63, 3.8) is 0 Å². The van der Waals surface area contributed by atoms with Gasteiger partial charge in [-0.1, -0.05) is 83.9 Å². The maximum atomic E-state index is 12.0. The Morgan fingerprint density at radius 1 is 0.517 bits per heavy atom. The van der Waals surface area contributed by atoms with Crippen LogP contribution >= 0.6 is 23.2 Å². The predicted octanol–water partition coefficient (Wildman–Crippen LogP) is 11.0. The second kappa shape index (κ2) is 17.3. The maximum Gasteiger partial charge on any atom is 0.153 e. The van der Waals surface area contributed by atoms with Gasteiger partial charge in [-0.05, 0) is 71.5 Å². The van der Waals surface area contributed by atoms with Gasteiger partial charge in [0.25, 0.3) is 0 Å². The van der Waals surface area contributed by atoms with Crippen LogP contribution in [0.2, 0.25) is 10.0 Å². The maximum absolute atomic E-state index is 12.0. The highest BCUT2D eigenvalue weighted by molar-refractivity contribution is 6.32. The molecule has 0 N–H and O–H groups in total. The molecule has 10 nitrogen and oxygen atoms in total. The highest BCUT2D eigenvalue weighted by atomic mass is 35.5. The molecular formula is C48H40Cl2N4O6. The number of aldehydes is 2. The van der Waals surface area contributed by atoms with E-state index in [1.165, 1.54) is 0 Å². The molecule has 302 valence electrons. The Labute approximate surface area is 356 Å². The van der Waals surface area contributed by atoms with Crippen LogP contribution in [0.4, 0.5) is 0 Å². The van der Waals surface area contributed by atoms with Crippen molar-refractivity contribution in [3.05, 3.63) is 164 Å². The van der Waals surface area contributed by atoms with Crippen LogP contribution in [0.3, 0.4) is 0 Å². The molecular weight excluding hydrogens is 799 g/mol. The number of ether oxygens (including phenoxy) is 4. The number of nitrogens with zero attached hydrogens (tertiary/aromatic N) is 4. The van der Waals surface area contributed by atoms with E-state index in [-0.39, 0.29) is 26.4 Å². The summed E-state index contributed by atoms with van der Waals surface area (Å²) in [5, 5.41) is 11.3. The summed E-state index contributed by atoms with van der Waals surface area (Å²) in [4.78, 5) is 24.0. The summed E-state index contributed by atoms with van der Waals surface area (Å²) >= 11 is 13.2. The number of rotatable bonds is 15. The summed E-state index contributed by atoms with van der Waals surface area (Å²) in [7, 11) is 3.78. The third-order valence-corrected chi connectivity index (χ3v) is 11.5.